The molecule has 1 aromatic heterocycles. The minimum Gasteiger partial charge on any atom is -0.456 e. The minimum atomic E-state index is -0.0637. The van der Waals surface area contributed by atoms with Gasteiger partial charge in [-0.1, -0.05) is 15.9 Å². The van der Waals surface area contributed by atoms with E-state index >= 15 is 0 Å². The lowest BCUT2D eigenvalue weighted by Crippen LogP contribution is -2.06. The monoisotopic (exact) mass is 320 g/mol. The number of aromatic nitrogens is 1. The van der Waals surface area contributed by atoms with Crippen molar-refractivity contribution in [1.82, 2.24) is 4.98 Å². The topological polar surface area (TPSA) is 48.1 Å². The number of pyridine rings is 1. The molecule has 0 amide bonds. The summed E-state index contributed by atoms with van der Waals surface area (Å²) in [7, 11) is 0. The van der Waals surface area contributed by atoms with Gasteiger partial charge in [0.1, 0.15) is 11.5 Å². The molecular formula is C15H17BrN2O. The van der Waals surface area contributed by atoms with E-state index in [1.54, 1.807) is 6.20 Å². The predicted molar refractivity (Wildman–Crippen MR) is 80.5 cm³/mol. The van der Waals surface area contributed by atoms with Crippen LogP contribution in [0.1, 0.15) is 29.8 Å². The second kappa shape index (κ2) is 5.72. The first kappa shape index (κ1) is 14.0. The maximum atomic E-state index is 5.81. The zero-order valence-electron chi connectivity index (χ0n) is 11.3. The van der Waals surface area contributed by atoms with Crippen LogP contribution in [0.2, 0.25) is 0 Å². The predicted octanol–water partition coefficient (Wildman–Crippen LogP) is 4.27. The van der Waals surface area contributed by atoms with Crippen LogP contribution < -0.4 is 10.5 Å². The van der Waals surface area contributed by atoms with Crippen molar-refractivity contribution < 1.29 is 4.74 Å². The van der Waals surface area contributed by atoms with Crippen LogP contribution in [0.5, 0.6) is 11.5 Å². The van der Waals surface area contributed by atoms with Crippen LogP contribution in [0.3, 0.4) is 0 Å². The van der Waals surface area contributed by atoms with Crippen LogP contribution in [0, 0.1) is 13.8 Å². The lowest BCUT2D eigenvalue weighted by Gasteiger charge is -2.10. The number of rotatable bonds is 3. The molecule has 100 valence electrons. The molecule has 0 bridgehead atoms. The van der Waals surface area contributed by atoms with Crippen molar-refractivity contribution in [2.75, 3.05) is 0 Å². The highest BCUT2D eigenvalue weighted by Gasteiger charge is 2.05. The molecule has 0 aliphatic heterocycles. The van der Waals surface area contributed by atoms with E-state index < -0.39 is 0 Å². The highest BCUT2D eigenvalue weighted by molar-refractivity contribution is 9.10. The number of halogens is 1. The van der Waals surface area contributed by atoms with Gasteiger partial charge in [0.15, 0.2) is 0 Å². The van der Waals surface area contributed by atoms with Crippen molar-refractivity contribution in [2.45, 2.75) is 26.8 Å². The summed E-state index contributed by atoms with van der Waals surface area (Å²) < 4.78 is 6.92. The average molecular weight is 321 g/mol. The lowest BCUT2D eigenvalue weighted by atomic mass is 10.1. The van der Waals surface area contributed by atoms with E-state index in [4.69, 9.17) is 10.5 Å². The molecule has 1 atom stereocenters. The van der Waals surface area contributed by atoms with E-state index in [0.717, 1.165) is 27.0 Å². The van der Waals surface area contributed by atoms with E-state index in [0.29, 0.717) is 5.75 Å². The number of nitrogens with two attached hydrogens (primary N) is 1. The van der Waals surface area contributed by atoms with Crippen LogP contribution in [0.15, 0.2) is 34.9 Å². The molecule has 2 rings (SSSR count). The molecule has 0 aliphatic rings. The Bertz CT molecular complexity index is 556. The van der Waals surface area contributed by atoms with Crippen molar-refractivity contribution in [2.24, 2.45) is 5.73 Å². The highest BCUT2D eigenvalue weighted by atomic mass is 79.9. The quantitative estimate of drug-likeness (QED) is 0.918. The normalized spacial score (nSPS) is 12.3. The van der Waals surface area contributed by atoms with Gasteiger partial charge in [0, 0.05) is 10.5 Å². The minimum absolute atomic E-state index is 0.0637. The fourth-order valence-corrected chi connectivity index (χ4v) is 2.05. The van der Waals surface area contributed by atoms with Crippen LogP contribution >= 0.6 is 15.9 Å². The zero-order valence-corrected chi connectivity index (χ0v) is 12.9. The Kier molecular flexibility index (Phi) is 4.22. The third-order valence-corrected chi connectivity index (χ3v) is 4.12. The van der Waals surface area contributed by atoms with Crippen molar-refractivity contribution in [1.29, 1.82) is 0 Å². The molecule has 2 aromatic rings. The average Bonchev–Trinajstić information content (AvgIpc) is 2.36. The van der Waals surface area contributed by atoms with Gasteiger partial charge >= 0.3 is 0 Å². The smallest absolute Gasteiger partial charge is 0.145 e. The first-order valence-corrected chi connectivity index (χ1v) is 6.93. The zero-order chi connectivity index (χ0) is 14.0. The van der Waals surface area contributed by atoms with E-state index in [9.17, 15) is 0 Å². The van der Waals surface area contributed by atoms with Crippen molar-refractivity contribution in [3.63, 3.8) is 0 Å². The number of nitrogens with zero attached hydrogens (tertiary/aromatic N) is 1. The van der Waals surface area contributed by atoms with Crippen LogP contribution in [0.4, 0.5) is 0 Å². The summed E-state index contributed by atoms with van der Waals surface area (Å²) in [6, 6.07) is 7.70. The van der Waals surface area contributed by atoms with Gasteiger partial charge in [-0.2, -0.15) is 0 Å². The van der Waals surface area contributed by atoms with Gasteiger partial charge in [-0.3, -0.25) is 4.98 Å². The Morgan fingerprint density at radius 3 is 2.26 bits per heavy atom. The first-order valence-electron chi connectivity index (χ1n) is 6.13. The molecule has 4 heteroatoms. The third kappa shape index (κ3) is 3.33. The van der Waals surface area contributed by atoms with Crippen molar-refractivity contribution in [3.05, 3.63) is 51.8 Å². The lowest BCUT2D eigenvalue weighted by molar-refractivity contribution is 0.478. The van der Waals surface area contributed by atoms with Crippen molar-refractivity contribution in [3.8, 4) is 11.5 Å². The summed E-state index contributed by atoms with van der Waals surface area (Å²) >= 11 is 3.54. The van der Waals surface area contributed by atoms with E-state index in [-0.39, 0.29) is 6.04 Å². The Hall–Kier alpha value is -1.39. The third-order valence-electron chi connectivity index (χ3n) is 2.87. The van der Waals surface area contributed by atoms with Crippen molar-refractivity contribution >= 4 is 15.9 Å². The highest BCUT2D eigenvalue weighted by Crippen LogP contribution is 2.29. The Balaban J connectivity index is 2.21. The molecule has 0 radical (unpaired) electrons. The van der Waals surface area contributed by atoms with Gasteiger partial charge in [-0.15, -0.1) is 0 Å². The molecule has 3 nitrogen and oxygen atoms in total. The number of ether oxygens (including phenoxy) is 1. The van der Waals surface area contributed by atoms with Gasteiger partial charge < -0.3 is 10.5 Å². The molecule has 19 heavy (non-hydrogen) atoms. The SMILES string of the molecule is Cc1cc(Oc2ccc(C(C)N)nc2)cc(C)c1Br. The molecule has 0 aliphatic carbocycles. The molecule has 0 fully saturated rings. The van der Waals surface area contributed by atoms with Gasteiger partial charge in [-0.25, -0.2) is 0 Å². The van der Waals surface area contributed by atoms with Gasteiger partial charge in [0.2, 0.25) is 0 Å². The summed E-state index contributed by atoms with van der Waals surface area (Å²) in [5.74, 6) is 1.53. The summed E-state index contributed by atoms with van der Waals surface area (Å²) in [5, 5.41) is 0. The summed E-state index contributed by atoms with van der Waals surface area (Å²) in [5.41, 5.74) is 8.92. The summed E-state index contributed by atoms with van der Waals surface area (Å²) in [6.45, 7) is 5.99. The fourth-order valence-electron chi connectivity index (χ4n) is 1.82. The number of aryl methyl sites for hydroxylation is 2. The second-order valence-electron chi connectivity index (χ2n) is 4.68. The number of hydrogen-bond acceptors (Lipinski definition) is 3. The number of hydrogen-bond donors (Lipinski definition) is 1. The first-order chi connectivity index (χ1) is 8.97. The van der Waals surface area contributed by atoms with Gasteiger partial charge in [-0.05, 0) is 56.2 Å². The van der Waals surface area contributed by atoms with Crippen LogP contribution in [0.25, 0.3) is 0 Å². The second-order valence-corrected chi connectivity index (χ2v) is 5.47. The molecule has 1 heterocycles. The summed E-state index contributed by atoms with van der Waals surface area (Å²) in [4.78, 5) is 4.28. The summed E-state index contributed by atoms with van der Waals surface area (Å²) in [6.07, 6.45) is 1.70. The van der Waals surface area contributed by atoms with Gasteiger partial charge in [0.25, 0.3) is 0 Å². The van der Waals surface area contributed by atoms with Crippen LogP contribution in [-0.4, -0.2) is 4.98 Å². The largest absolute Gasteiger partial charge is 0.456 e. The fraction of sp³-hybridized carbons (Fsp3) is 0.267. The standard InChI is InChI=1S/C15H17BrN2O/c1-9-6-13(7-10(2)15(9)16)19-12-4-5-14(11(3)17)18-8-12/h4-8,11H,17H2,1-3H3. The van der Waals surface area contributed by atoms with E-state index in [2.05, 4.69) is 20.9 Å². The molecule has 2 N–H and O–H groups in total. The molecule has 0 saturated carbocycles. The molecule has 0 saturated heterocycles. The molecular weight excluding hydrogens is 304 g/mol. The maximum absolute atomic E-state index is 5.81. The van der Waals surface area contributed by atoms with Crippen LogP contribution in [-0.2, 0) is 0 Å². The Morgan fingerprint density at radius 2 is 1.79 bits per heavy atom. The van der Waals surface area contributed by atoms with E-state index in [1.165, 1.54) is 0 Å². The molecule has 0 spiro atoms. The maximum Gasteiger partial charge on any atom is 0.145 e. The Labute approximate surface area is 121 Å². The number of benzene rings is 1. The van der Waals surface area contributed by atoms with E-state index in [1.807, 2.05) is 45.0 Å². The Morgan fingerprint density at radius 1 is 1.16 bits per heavy atom. The molecule has 1 aromatic carbocycles. The van der Waals surface area contributed by atoms with Gasteiger partial charge in [0.05, 0.1) is 11.9 Å². The molecule has 1 unspecified atom stereocenters.